The number of hydrazine groups is 1. The second-order valence-corrected chi connectivity index (χ2v) is 7.96. The third-order valence-electron chi connectivity index (χ3n) is 4.46. The van der Waals surface area contributed by atoms with Gasteiger partial charge < -0.3 is 4.90 Å². The summed E-state index contributed by atoms with van der Waals surface area (Å²) in [5.41, 5.74) is 6.20. The Morgan fingerprint density at radius 1 is 1.37 bits per heavy atom. The van der Waals surface area contributed by atoms with Crippen molar-refractivity contribution in [3.05, 3.63) is 64.7 Å². The summed E-state index contributed by atoms with van der Waals surface area (Å²) in [4.78, 5) is 18.9. The molecule has 5 nitrogen and oxygen atoms in total. The van der Waals surface area contributed by atoms with Crippen LogP contribution in [0.15, 0.2) is 42.6 Å². The number of carbonyl (C=O) groups is 1. The molecular formula is C19H18ClFN4OS. The molecule has 8 heteroatoms. The van der Waals surface area contributed by atoms with Crippen molar-refractivity contribution in [3.8, 4) is 0 Å². The van der Waals surface area contributed by atoms with Gasteiger partial charge in [-0.2, -0.15) is 0 Å². The van der Waals surface area contributed by atoms with Crippen LogP contribution in [0, 0.1) is 12.7 Å². The van der Waals surface area contributed by atoms with Gasteiger partial charge in [-0.25, -0.2) is 9.82 Å². The average molecular weight is 405 g/mol. The number of aromatic nitrogens is 1. The van der Waals surface area contributed by atoms with Crippen LogP contribution in [-0.4, -0.2) is 40.0 Å². The molecule has 0 radical (unpaired) electrons. The summed E-state index contributed by atoms with van der Waals surface area (Å²) >= 11 is 7.79. The highest BCUT2D eigenvalue weighted by molar-refractivity contribution is 7.99. The van der Waals surface area contributed by atoms with E-state index in [9.17, 15) is 9.18 Å². The van der Waals surface area contributed by atoms with E-state index in [0.29, 0.717) is 22.2 Å². The van der Waals surface area contributed by atoms with E-state index in [0.717, 1.165) is 23.7 Å². The third kappa shape index (κ3) is 3.81. The topological polar surface area (TPSA) is 48.5 Å². The molecule has 0 saturated carbocycles. The van der Waals surface area contributed by atoms with Crippen molar-refractivity contribution in [1.29, 1.82) is 0 Å². The number of nitrogens with one attached hydrogen (secondary N) is 1. The minimum atomic E-state index is -0.519. The van der Waals surface area contributed by atoms with E-state index in [1.165, 1.54) is 12.1 Å². The molecular weight excluding hydrogens is 387 g/mol. The molecule has 2 aromatic rings. The molecule has 0 spiro atoms. The Hall–Kier alpha value is -2.09. The van der Waals surface area contributed by atoms with Gasteiger partial charge >= 0.3 is 0 Å². The van der Waals surface area contributed by atoms with E-state index in [1.54, 1.807) is 29.0 Å². The largest absolute Gasteiger partial charge is 0.331 e. The van der Waals surface area contributed by atoms with Crippen molar-refractivity contribution in [2.45, 2.75) is 13.0 Å². The lowest BCUT2D eigenvalue weighted by atomic mass is 10.1. The normalized spacial score (nSPS) is 19.5. The van der Waals surface area contributed by atoms with Gasteiger partial charge in [0, 0.05) is 34.8 Å². The van der Waals surface area contributed by atoms with E-state index < -0.39 is 11.9 Å². The number of benzene rings is 1. The predicted molar refractivity (Wildman–Crippen MR) is 107 cm³/mol. The van der Waals surface area contributed by atoms with Crippen molar-refractivity contribution in [1.82, 2.24) is 15.3 Å². The van der Waals surface area contributed by atoms with Crippen LogP contribution >= 0.6 is 23.4 Å². The Balaban J connectivity index is 1.73. The van der Waals surface area contributed by atoms with Crippen LogP contribution in [0.4, 0.5) is 10.1 Å². The molecule has 3 heterocycles. The molecule has 1 N–H and O–H groups in total. The molecule has 2 aliphatic rings. The average Bonchev–Trinajstić information content (AvgIpc) is 3.30. The fourth-order valence-electron chi connectivity index (χ4n) is 3.20. The standard InChI is InChI=1S/C19H18ClFN4OS/c1-12-6-16(2-3-22-12)25-18(13-7-14(20)9-15(21)8-13)10-17(23-25)19(26)24-4-5-27-11-24/h2-3,6-10,17,23H,4-5,11H2,1H3. The van der Waals surface area contributed by atoms with Gasteiger partial charge in [-0.15, -0.1) is 11.8 Å². The molecule has 1 aromatic carbocycles. The van der Waals surface area contributed by atoms with Crippen molar-refractivity contribution in [3.63, 3.8) is 0 Å². The number of anilines is 1. The molecule has 1 amide bonds. The van der Waals surface area contributed by atoms with Gasteiger partial charge in [0.2, 0.25) is 5.91 Å². The fourth-order valence-corrected chi connectivity index (χ4v) is 4.38. The molecule has 140 valence electrons. The van der Waals surface area contributed by atoms with Crippen LogP contribution in [0.5, 0.6) is 0 Å². The van der Waals surface area contributed by atoms with Crippen LogP contribution in [0.3, 0.4) is 0 Å². The number of nitrogens with zero attached hydrogens (tertiary/aromatic N) is 3. The molecule has 1 atom stereocenters. The van der Waals surface area contributed by atoms with Crippen LogP contribution in [0.1, 0.15) is 11.3 Å². The van der Waals surface area contributed by atoms with Gasteiger partial charge in [-0.3, -0.25) is 14.8 Å². The maximum atomic E-state index is 13.9. The van der Waals surface area contributed by atoms with Crippen LogP contribution in [0.25, 0.3) is 5.70 Å². The van der Waals surface area contributed by atoms with Crippen molar-refractivity contribution >= 4 is 40.7 Å². The monoisotopic (exact) mass is 404 g/mol. The number of carbonyl (C=O) groups excluding carboxylic acids is 1. The number of rotatable bonds is 3. The van der Waals surface area contributed by atoms with E-state index in [-0.39, 0.29) is 5.91 Å². The molecule has 1 saturated heterocycles. The summed E-state index contributed by atoms with van der Waals surface area (Å²) in [5.74, 6) is 1.23. The number of hydrogen-bond acceptors (Lipinski definition) is 5. The Labute approximate surface area is 166 Å². The lowest BCUT2D eigenvalue weighted by Crippen LogP contribution is -2.46. The number of amides is 1. The van der Waals surface area contributed by atoms with Crippen molar-refractivity contribution in [2.75, 3.05) is 23.2 Å². The van der Waals surface area contributed by atoms with E-state index >= 15 is 0 Å². The smallest absolute Gasteiger partial charge is 0.246 e. The summed E-state index contributed by atoms with van der Waals surface area (Å²) < 4.78 is 13.9. The van der Waals surface area contributed by atoms with Gasteiger partial charge in [0.25, 0.3) is 0 Å². The first-order chi connectivity index (χ1) is 13.0. The van der Waals surface area contributed by atoms with Crippen LogP contribution in [-0.2, 0) is 4.79 Å². The van der Waals surface area contributed by atoms with Gasteiger partial charge in [0.1, 0.15) is 11.9 Å². The fraction of sp³-hybridized carbons (Fsp3) is 0.263. The Bertz CT molecular complexity index is 896. The van der Waals surface area contributed by atoms with E-state index in [1.807, 2.05) is 30.0 Å². The number of aryl methyl sites for hydroxylation is 1. The van der Waals surface area contributed by atoms with Crippen LogP contribution < -0.4 is 10.4 Å². The second kappa shape index (κ2) is 7.50. The molecule has 0 aliphatic carbocycles. The minimum Gasteiger partial charge on any atom is -0.331 e. The first kappa shape index (κ1) is 18.3. The molecule has 27 heavy (non-hydrogen) atoms. The Kier molecular flexibility index (Phi) is 5.08. The molecule has 0 bridgehead atoms. The molecule has 1 fully saturated rings. The lowest BCUT2D eigenvalue weighted by molar-refractivity contribution is -0.130. The molecule has 4 rings (SSSR count). The molecule has 1 unspecified atom stereocenters. The maximum absolute atomic E-state index is 13.9. The quantitative estimate of drug-likeness (QED) is 0.849. The summed E-state index contributed by atoms with van der Waals surface area (Å²) in [5, 5.41) is 2.11. The zero-order valence-electron chi connectivity index (χ0n) is 14.7. The number of thioether (sulfide) groups is 1. The Morgan fingerprint density at radius 2 is 2.22 bits per heavy atom. The van der Waals surface area contributed by atoms with Gasteiger partial charge in [-0.1, -0.05) is 11.6 Å². The number of pyridine rings is 1. The zero-order valence-corrected chi connectivity index (χ0v) is 16.2. The van der Waals surface area contributed by atoms with E-state index in [2.05, 4.69) is 10.4 Å². The Morgan fingerprint density at radius 3 is 2.93 bits per heavy atom. The van der Waals surface area contributed by atoms with Gasteiger partial charge in [-0.05, 0) is 43.3 Å². The van der Waals surface area contributed by atoms with Gasteiger partial charge in [0.05, 0.1) is 17.3 Å². The summed E-state index contributed by atoms with van der Waals surface area (Å²) in [6, 6.07) is 7.60. The third-order valence-corrected chi connectivity index (χ3v) is 5.64. The zero-order chi connectivity index (χ0) is 19.0. The van der Waals surface area contributed by atoms with Crippen LogP contribution in [0.2, 0.25) is 5.02 Å². The highest BCUT2D eigenvalue weighted by Gasteiger charge is 2.33. The number of halogens is 2. The highest BCUT2D eigenvalue weighted by atomic mass is 35.5. The summed E-state index contributed by atoms with van der Waals surface area (Å²) in [7, 11) is 0. The van der Waals surface area contributed by atoms with Crippen molar-refractivity contribution < 1.29 is 9.18 Å². The first-order valence-corrected chi connectivity index (χ1v) is 10.1. The first-order valence-electron chi connectivity index (χ1n) is 8.55. The summed E-state index contributed by atoms with van der Waals surface area (Å²) in [6.45, 7) is 2.64. The molecule has 2 aliphatic heterocycles. The molecule has 1 aromatic heterocycles. The van der Waals surface area contributed by atoms with Crippen molar-refractivity contribution in [2.24, 2.45) is 0 Å². The predicted octanol–water partition coefficient (Wildman–Crippen LogP) is 3.45. The number of hydrogen-bond donors (Lipinski definition) is 1. The lowest BCUT2D eigenvalue weighted by Gasteiger charge is -2.25. The van der Waals surface area contributed by atoms with Gasteiger partial charge in [0.15, 0.2) is 0 Å². The van der Waals surface area contributed by atoms with E-state index in [4.69, 9.17) is 11.6 Å². The minimum absolute atomic E-state index is 0.00766. The second-order valence-electron chi connectivity index (χ2n) is 6.45. The SMILES string of the molecule is Cc1cc(N2NC(C(=O)N3CCSC3)C=C2c2cc(F)cc(Cl)c2)ccn1. The maximum Gasteiger partial charge on any atom is 0.246 e. The summed E-state index contributed by atoms with van der Waals surface area (Å²) in [6.07, 6.45) is 3.53. The highest BCUT2D eigenvalue weighted by Crippen LogP contribution is 2.32.